The lowest BCUT2D eigenvalue weighted by molar-refractivity contribution is -0.134. The van der Waals surface area contributed by atoms with Crippen molar-refractivity contribution in [3.8, 4) is 5.75 Å². The SMILES string of the molecule is Cc1csc(CCCNC(=O)[C@@H]2CC(=O)N[C@@H](CCC(N)=O)C(=O)N[C@H](C(C)C)C(=O)N[C@@H](C)COc3ccccc3C(=O)N2)n1. The quantitative estimate of drug-likeness (QED) is 0.208. The minimum atomic E-state index is -1.32. The average Bonchev–Trinajstić information content (AvgIpc) is 3.42. The number of fused-ring (bicyclic) bond motifs is 1. The summed E-state index contributed by atoms with van der Waals surface area (Å²) in [6.07, 6.45) is 0.347. The van der Waals surface area contributed by atoms with Crippen molar-refractivity contribution >= 4 is 46.8 Å². The van der Waals surface area contributed by atoms with Crippen molar-refractivity contribution in [2.24, 2.45) is 11.7 Å². The summed E-state index contributed by atoms with van der Waals surface area (Å²) in [5, 5.41) is 16.3. The van der Waals surface area contributed by atoms with E-state index in [1.807, 2.05) is 12.3 Å². The Morgan fingerprint density at radius 3 is 2.50 bits per heavy atom. The summed E-state index contributed by atoms with van der Waals surface area (Å²) in [5.74, 6) is -3.98. The van der Waals surface area contributed by atoms with E-state index in [9.17, 15) is 28.8 Å². The molecule has 4 atom stereocenters. The molecular formula is C31H43N7O7S. The molecule has 1 aliphatic heterocycles. The van der Waals surface area contributed by atoms with Gasteiger partial charge in [-0.25, -0.2) is 4.98 Å². The summed E-state index contributed by atoms with van der Waals surface area (Å²) >= 11 is 1.53. The minimum absolute atomic E-state index is 0.00138. The van der Waals surface area contributed by atoms with E-state index in [0.29, 0.717) is 12.8 Å². The minimum Gasteiger partial charge on any atom is -0.491 e. The summed E-state index contributed by atoms with van der Waals surface area (Å²) in [5.41, 5.74) is 6.35. The van der Waals surface area contributed by atoms with Gasteiger partial charge >= 0.3 is 0 Å². The van der Waals surface area contributed by atoms with Gasteiger partial charge in [0.2, 0.25) is 29.5 Å². The number of thiazole rings is 1. The average molecular weight is 658 g/mol. The Hall–Kier alpha value is -4.53. The highest BCUT2D eigenvalue weighted by Gasteiger charge is 2.32. The smallest absolute Gasteiger partial charge is 0.255 e. The van der Waals surface area contributed by atoms with Crippen LogP contribution >= 0.6 is 11.3 Å². The number of aryl methyl sites for hydroxylation is 2. The normalized spacial score (nSPS) is 21.5. The molecule has 1 aliphatic rings. The van der Waals surface area contributed by atoms with E-state index in [1.54, 1.807) is 39.0 Å². The summed E-state index contributed by atoms with van der Waals surface area (Å²) in [6.45, 7) is 7.38. The number of hydrogen-bond donors (Lipinski definition) is 6. The van der Waals surface area contributed by atoms with E-state index < -0.39 is 66.0 Å². The van der Waals surface area contributed by atoms with Crippen LogP contribution in [0.3, 0.4) is 0 Å². The van der Waals surface area contributed by atoms with Crippen LogP contribution < -0.4 is 37.1 Å². The zero-order chi connectivity index (χ0) is 33.8. The number of nitrogens with one attached hydrogen (secondary N) is 5. The number of aromatic nitrogens is 1. The van der Waals surface area contributed by atoms with Gasteiger partial charge in [0.25, 0.3) is 5.91 Å². The molecule has 2 heterocycles. The molecule has 3 rings (SSSR count). The molecule has 0 saturated carbocycles. The number of ether oxygens (including phenoxy) is 1. The number of benzene rings is 1. The third-order valence-electron chi connectivity index (χ3n) is 7.13. The van der Waals surface area contributed by atoms with Crippen molar-refractivity contribution in [3.63, 3.8) is 0 Å². The van der Waals surface area contributed by atoms with Crippen molar-refractivity contribution in [1.29, 1.82) is 0 Å². The first-order chi connectivity index (χ1) is 21.8. The largest absolute Gasteiger partial charge is 0.491 e. The maximum absolute atomic E-state index is 13.4. The van der Waals surface area contributed by atoms with Gasteiger partial charge in [-0.2, -0.15) is 0 Å². The number of primary amides is 1. The van der Waals surface area contributed by atoms with E-state index >= 15 is 0 Å². The Morgan fingerprint density at radius 2 is 1.83 bits per heavy atom. The van der Waals surface area contributed by atoms with E-state index in [2.05, 4.69) is 31.6 Å². The number of para-hydroxylation sites is 1. The fraction of sp³-hybridized carbons (Fsp3) is 0.516. The van der Waals surface area contributed by atoms with Crippen molar-refractivity contribution in [3.05, 3.63) is 45.9 Å². The first kappa shape index (κ1) is 35.9. The maximum Gasteiger partial charge on any atom is 0.255 e. The summed E-state index contributed by atoms with van der Waals surface area (Å²) in [7, 11) is 0. The van der Waals surface area contributed by atoms with Gasteiger partial charge in [0.05, 0.1) is 23.0 Å². The van der Waals surface area contributed by atoms with Crippen molar-refractivity contribution in [1.82, 2.24) is 31.6 Å². The Bertz CT molecular complexity index is 1410. The van der Waals surface area contributed by atoms with Crippen LogP contribution in [0.5, 0.6) is 5.75 Å². The van der Waals surface area contributed by atoms with Gasteiger partial charge in [-0.15, -0.1) is 11.3 Å². The fourth-order valence-corrected chi connectivity index (χ4v) is 5.51. The van der Waals surface area contributed by atoms with E-state index in [4.69, 9.17) is 10.5 Å². The molecule has 0 spiro atoms. The molecule has 250 valence electrons. The van der Waals surface area contributed by atoms with Crippen LogP contribution in [0.2, 0.25) is 0 Å². The monoisotopic (exact) mass is 657 g/mol. The molecule has 6 amide bonds. The highest BCUT2D eigenvalue weighted by Crippen LogP contribution is 2.19. The van der Waals surface area contributed by atoms with Gasteiger partial charge < -0.3 is 37.1 Å². The van der Waals surface area contributed by atoms with E-state index in [0.717, 1.165) is 10.7 Å². The molecule has 46 heavy (non-hydrogen) atoms. The standard InChI is InChI=1S/C31H43N7O7S/c1-17(2)27-31(44)35-18(3)15-45-23-9-6-5-8-20(23)28(41)37-22(29(42)33-13-7-10-26-34-19(4)16-46-26)14-25(40)36-21(30(43)38-27)11-12-24(32)39/h5-6,8-9,16-18,21-22,27H,7,10-15H2,1-4H3,(H2,32,39)(H,33,42)(H,35,44)(H,36,40)(H,37,41)(H,38,43)/t18-,21-,22-,27+/m0/s1. The molecule has 0 radical (unpaired) electrons. The second-order valence-electron chi connectivity index (χ2n) is 11.6. The molecule has 1 aromatic carbocycles. The molecule has 1 aromatic heterocycles. The number of carbonyl (C=O) groups is 6. The zero-order valence-corrected chi connectivity index (χ0v) is 27.3. The maximum atomic E-state index is 13.4. The first-order valence-corrected chi connectivity index (χ1v) is 16.1. The second kappa shape index (κ2) is 17.2. The van der Waals surface area contributed by atoms with Crippen molar-refractivity contribution < 1.29 is 33.5 Å². The highest BCUT2D eigenvalue weighted by atomic mass is 32.1. The van der Waals surface area contributed by atoms with Crippen LogP contribution in [0.4, 0.5) is 0 Å². The lowest BCUT2D eigenvalue weighted by Gasteiger charge is -2.26. The molecule has 0 fully saturated rings. The first-order valence-electron chi connectivity index (χ1n) is 15.2. The predicted octanol–water partition coefficient (Wildman–Crippen LogP) is 0.477. The fourth-order valence-electron chi connectivity index (χ4n) is 4.69. The number of nitrogens with two attached hydrogens (primary N) is 1. The van der Waals surface area contributed by atoms with Crippen LogP contribution in [0.1, 0.15) is 67.5 Å². The molecular weight excluding hydrogens is 614 g/mol. The van der Waals surface area contributed by atoms with Gasteiger partial charge in [0.15, 0.2) is 0 Å². The number of amides is 6. The molecule has 2 aromatic rings. The summed E-state index contributed by atoms with van der Waals surface area (Å²) in [4.78, 5) is 82.5. The van der Waals surface area contributed by atoms with Crippen LogP contribution in [0.25, 0.3) is 0 Å². The zero-order valence-electron chi connectivity index (χ0n) is 26.5. The molecule has 0 bridgehead atoms. The van der Waals surface area contributed by atoms with Crippen molar-refractivity contribution in [2.45, 2.75) is 84.0 Å². The van der Waals surface area contributed by atoms with E-state index in [-0.39, 0.29) is 43.2 Å². The Kier molecular flexibility index (Phi) is 13.5. The Morgan fingerprint density at radius 1 is 1.09 bits per heavy atom. The van der Waals surface area contributed by atoms with Crippen LogP contribution in [-0.2, 0) is 30.4 Å². The van der Waals surface area contributed by atoms with Crippen LogP contribution in [0, 0.1) is 12.8 Å². The Labute approximate surface area is 272 Å². The Balaban J connectivity index is 1.88. The molecule has 7 N–H and O–H groups in total. The van der Waals surface area contributed by atoms with Crippen LogP contribution in [-0.4, -0.2) is 77.7 Å². The number of carbonyl (C=O) groups excluding carboxylic acids is 6. The van der Waals surface area contributed by atoms with E-state index in [1.165, 1.54) is 17.4 Å². The van der Waals surface area contributed by atoms with Gasteiger partial charge in [-0.3, -0.25) is 28.8 Å². The molecule has 0 aliphatic carbocycles. The summed E-state index contributed by atoms with van der Waals surface area (Å²) < 4.78 is 5.88. The lowest BCUT2D eigenvalue weighted by Crippen LogP contribution is -2.57. The third kappa shape index (κ3) is 11.1. The highest BCUT2D eigenvalue weighted by molar-refractivity contribution is 7.09. The topological polar surface area (TPSA) is 211 Å². The van der Waals surface area contributed by atoms with Crippen molar-refractivity contribution in [2.75, 3.05) is 13.2 Å². The third-order valence-corrected chi connectivity index (χ3v) is 8.16. The lowest BCUT2D eigenvalue weighted by atomic mass is 10.0. The van der Waals surface area contributed by atoms with Gasteiger partial charge in [0.1, 0.15) is 30.5 Å². The number of rotatable bonds is 9. The molecule has 15 heteroatoms. The molecule has 14 nitrogen and oxygen atoms in total. The second-order valence-corrected chi connectivity index (χ2v) is 12.5. The summed E-state index contributed by atoms with van der Waals surface area (Å²) in [6, 6.07) is 2.36. The van der Waals surface area contributed by atoms with Gasteiger partial charge in [0, 0.05) is 30.5 Å². The van der Waals surface area contributed by atoms with Gasteiger partial charge in [-0.1, -0.05) is 26.0 Å². The molecule has 0 saturated heterocycles. The van der Waals surface area contributed by atoms with Crippen LogP contribution in [0.15, 0.2) is 29.6 Å². The van der Waals surface area contributed by atoms with Gasteiger partial charge in [-0.05, 0) is 44.7 Å². The number of hydrogen-bond acceptors (Lipinski definition) is 9. The number of nitrogens with zero attached hydrogens (tertiary/aromatic N) is 1. The predicted molar refractivity (Wildman–Crippen MR) is 171 cm³/mol. The molecule has 0 unspecified atom stereocenters.